The number of aromatic nitrogens is 1. The maximum Gasteiger partial charge on any atom is 0.205 e. The molecule has 0 radical (unpaired) electrons. The molecule has 0 atom stereocenters. The standard InChI is InChI=1S/C27H19BrN2O2S/c1-32-20-13-9-17(10-14-20)22-15-21(16-5-3-2-4-6-16)23-24(29)26(33-27(23)30-22)25(31)18-7-11-19(28)12-8-18/h2-15H,29H2,1H3. The fourth-order valence-corrected chi connectivity index (χ4v) is 5.12. The van der Waals surface area contributed by atoms with Gasteiger partial charge in [0.25, 0.3) is 0 Å². The summed E-state index contributed by atoms with van der Waals surface area (Å²) in [4.78, 5) is 19.4. The van der Waals surface area contributed by atoms with E-state index in [1.165, 1.54) is 11.3 Å². The number of hydrogen-bond acceptors (Lipinski definition) is 5. The molecule has 0 aliphatic rings. The zero-order valence-corrected chi connectivity index (χ0v) is 20.1. The van der Waals surface area contributed by atoms with Gasteiger partial charge in [0.1, 0.15) is 15.5 Å². The molecule has 0 spiro atoms. The van der Waals surface area contributed by atoms with Crippen LogP contribution in [-0.2, 0) is 0 Å². The summed E-state index contributed by atoms with van der Waals surface area (Å²) in [5.74, 6) is 0.680. The number of nitrogens with two attached hydrogens (primary N) is 1. The SMILES string of the molecule is COc1ccc(-c2cc(-c3ccccc3)c3c(N)c(C(=O)c4ccc(Br)cc4)sc3n2)cc1. The van der Waals surface area contributed by atoms with Crippen molar-refractivity contribution in [2.45, 2.75) is 0 Å². The second-order valence-corrected chi connectivity index (χ2v) is 9.43. The minimum atomic E-state index is -0.104. The van der Waals surface area contributed by atoms with Crippen LogP contribution in [0.5, 0.6) is 5.75 Å². The molecule has 162 valence electrons. The first-order valence-corrected chi connectivity index (χ1v) is 11.9. The van der Waals surface area contributed by atoms with Gasteiger partial charge in [-0.25, -0.2) is 4.98 Å². The van der Waals surface area contributed by atoms with E-state index >= 15 is 0 Å². The molecule has 5 rings (SSSR count). The monoisotopic (exact) mass is 514 g/mol. The van der Waals surface area contributed by atoms with Gasteiger partial charge in [-0.3, -0.25) is 4.79 Å². The second-order valence-electron chi connectivity index (χ2n) is 7.51. The Morgan fingerprint density at radius 1 is 0.939 bits per heavy atom. The lowest BCUT2D eigenvalue weighted by Crippen LogP contribution is -2.02. The number of hydrogen-bond donors (Lipinski definition) is 1. The van der Waals surface area contributed by atoms with Crippen LogP contribution in [0.1, 0.15) is 15.2 Å². The van der Waals surface area contributed by atoms with Crippen molar-refractivity contribution in [1.82, 2.24) is 4.98 Å². The molecule has 0 aliphatic heterocycles. The molecule has 2 N–H and O–H groups in total. The van der Waals surface area contributed by atoms with Crippen molar-refractivity contribution in [1.29, 1.82) is 0 Å². The number of benzene rings is 3. The highest BCUT2D eigenvalue weighted by Gasteiger charge is 2.22. The Labute approximate surface area is 203 Å². The van der Waals surface area contributed by atoms with Crippen molar-refractivity contribution in [3.8, 4) is 28.1 Å². The van der Waals surface area contributed by atoms with Gasteiger partial charge >= 0.3 is 0 Å². The Morgan fingerprint density at radius 2 is 1.64 bits per heavy atom. The quantitative estimate of drug-likeness (QED) is 0.251. The summed E-state index contributed by atoms with van der Waals surface area (Å²) < 4.78 is 6.20. The van der Waals surface area contributed by atoms with Gasteiger partial charge in [0.15, 0.2) is 0 Å². The number of nitrogen functional groups attached to an aromatic ring is 1. The van der Waals surface area contributed by atoms with Crippen LogP contribution in [0, 0.1) is 0 Å². The van der Waals surface area contributed by atoms with Crippen molar-refractivity contribution < 1.29 is 9.53 Å². The number of anilines is 1. The Bertz CT molecular complexity index is 1460. The molecule has 2 aromatic heterocycles. The molecule has 0 saturated heterocycles. The average molecular weight is 515 g/mol. The number of ether oxygens (including phenoxy) is 1. The third-order valence-electron chi connectivity index (χ3n) is 5.48. The first-order valence-electron chi connectivity index (χ1n) is 10.3. The average Bonchev–Trinajstić information content (AvgIpc) is 3.20. The topological polar surface area (TPSA) is 65.2 Å². The van der Waals surface area contributed by atoms with E-state index in [1.54, 1.807) is 19.2 Å². The van der Waals surface area contributed by atoms with Gasteiger partial charge in [-0.05, 0) is 65.7 Å². The lowest BCUT2D eigenvalue weighted by atomic mass is 9.99. The van der Waals surface area contributed by atoms with E-state index in [4.69, 9.17) is 15.5 Å². The molecule has 2 heterocycles. The fraction of sp³-hybridized carbons (Fsp3) is 0.0370. The number of fused-ring (bicyclic) bond motifs is 1. The number of nitrogens with zero attached hydrogens (tertiary/aromatic N) is 1. The largest absolute Gasteiger partial charge is 0.497 e. The predicted molar refractivity (Wildman–Crippen MR) is 139 cm³/mol. The second kappa shape index (κ2) is 8.81. The molecular weight excluding hydrogens is 496 g/mol. The van der Waals surface area contributed by atoms with Crippen molar-refractivity contribution >= 4 is 49.0 Å². The molecule has 0 aliphatic carbocycles. The summed E-state index contributed by atoms with van der Waals surface area (Å²) in [6, 6.07) is 27.2. The van der Waals surface area contributed by atoms with E-state index in [1.807, 2.05) is 72.8 Å². The zero-order chi connectivity index (χ0) is 22.9. The summed E-state index contributed by atoms with van der Waals surface area (Å²) in [5, 5.41) is 0.809. The molecule has 3 aromatic carbocycles. The van der Waals surface area contributed by atoms with Crippen molar-refractivity contribution in [2.24, 2.45) is 0 Å². The highest BCUT2D eigenvalue weighted by Crippen LogP contribution is 2.42. The maximum absolute atomic E-state index is 13.3. The van der Waals surface area contributed by atoms with Crippen LogP contribution in [0.2, 0.25) is 0 Å². The lowest BCUT2D eigenvalue weighted by molar-refractivity contribution is 0.104. The Balaban J connectivity index is 1.72. The lowest BCUT2D eigenvalue weighted by Gasteiger charge is -2.09. The van der Waals surface area contributed by atoms with Crippen LogP contribution >= 0.6 is 27.3 Å². The van der Waals surface area contributed by atoms with Gasteiger partial charge in [-0.1, -0.05) is 46.3 Å². The number of carbonyl (C=O) groups excluding carboxylic acids is 1. The first kappa shape index (κ1) is 21.4. The van der Waals surface area contributed by atoms with Crippen molar-refractivity contribution in [3.63, 3.8) is 0 Å². The Kier molecular flexibility index (Phi) is 5.70. The Morgan fingerprint density at radius 3 is 2.30 bits per heavy atom. The van der Waals surface area contributed by atoms with Gasteiger partial charge in [-0.15, -0.1) is 11.3 Å². The van der Waals surface area contributed by atoms with Crippen LogP contribution in [0.15, 0.2) is 89.4 Å². The van der Waals surface area contributed by atoms with Crippen LogP contribution in [-0.4, -0.2) is 17.9 Å². The van der Waals surface area contributed by atoms with Crippen molar-refractivity contribution in [3.05, 3.63) is 99.8 Å². The van der Waals surface area contributed by atoms with Gasteiger partial charge in [0.2, 0.25) is 5.78 Å². The number of thiophene rings is 1. The molecule has 33 heavy (non-hydrogen) atoms. The van der Waals surface area contributed by atoms with Crippen LogP contribution in [0.4, 0.5) is 5.69 Å². The fourth-order valence-electron chi connectivity index (χ4n) is 3.78. The number of ketones is 1. The molecule has 0 fully saturated rings. The van der Waals surface area contributed by atoms with Gasteiger partial charge in [0.05, 0.1) is 18.5 Å². The summed E-state index contributed by atoms with van der Waals surface area (Å²) >= 11 is 4.75. The summed E-state index contributed by atoms with van der Waals surface area (Å²) in [6.07, 6.45) is 0. The van der Waals surface area contributed by atoms with E-state index in [-0.39, 0.29) is 5.78 Å². The minimum Gasteiger partial charge on any atom is -0.497 e. The van der Waals surface area contributed by atoms with E-state index in [9.17, 15) is 4.79 Å². The third kappa shape index (κ3) is 4.03. The highest BCUT2D eigenvalue weighted by atomic mass is 79.9. The summed E-state index contributed by atoms with van der Waals surface area (Å²) in [7, 11) is 1.64. The molecule has 6 heteroatoms. The van der Waals surface area contributed by atoms with Crippen LogP contribution in [0.3, 0.4) is 0 Å². The normalized spacial score (nSPS) is 11.0. The van der Waals surface area contributed by atoms with Gasteiger partial charge in [-0.2, -0.15) is 0 Å². The van der Waals surface area contributed by atoms with Gasteiger partial charge in [0, 0.05) is 21.0 Å². The number of methoxy groups -OCH3 is 1. The predicted octanol–water partition coefficient (Wildman–Crippen LogP) is 7.21. The van der Waals surface area contributed by atoms with E-state index < -0.39 is 0 Å². The minimum absolute atomic E-state index is 0.104. The number of carbonyl (C=O) groups is 1. The van der Waals surface area contributed by atoms with E-state index in [2.05, 4.69) is 15.9 Å². The molecule has 4 nitrogen and oxygen atoms in total. The molecule has 0 bridgehead atoms. The highest BCUT2D eigenvalue weighted by molar-refractivity contribution is 9.10. The molecule has 0 saturated carbocycles. The molecular formula is C27H19BrN2O2S. The van der Waals surface area contributed by atoms with E-state index in [0.29, 0.717) is 16.1 Å². The summed E-state index contributed by atoms with van der Waals surface area (Å²) in [5.41, 5.74) is 11.4. The zero-order valence-electron chi connectivity index (χ0n) is 17.7. The number of halogens is 1. The van der Waals surface area contributed by atoms with Crippen molar-refractivity contribution in [2.75, 3.05) is 12.8 Å². The first-order chi connectivity index (χ1) is 16.0. The van der Waals surface area contributed by atoms with Crippen LogP contribution < -0.4 is 10.5 Å². The molecule has 0 unspecified atom stereocenters. The third-order valence-corrected chi connectivity index (χ3v) is 7.11. The maximum atomic E-state index is 13.3. The number of rotatable bonds is 5. The smallest absolute Gasteiger partial charge is 0.205 e. The molecule has 0 amide bonds. The number of pyridine rings is 1. The van der Waals surface area contributed by atoms with Gasteiger partial charge < -0.3 is 10.5 Å². The Hall–Kier alpha value is -3.48. The summed E-state index contributed by atoms with van der Waals surface area (Å²) in [6.45, 7) is 0. The van der Waals surface area contributed by atoms with E-state index in [0.717, 1.165) is 42.8 Å². The molecule has 5 aromatic rings. The van der Waals surface area contributed by atoms with Crippen LogP contribution in [0.25, 0.3) is 32.6 Å².